The number of para-hydroxylation sites is 1. The number of guanidine groups is 1. The first-order chi connectivity index (χ1) is 6.70. The van der Waals surface area contributed by atoms with Crippen molar-refractivity contribution in [3.63, 3.8) is 0 Å². The third-order valence-corrected chi connectivity index (χ3v) is 2.64. The van der Waals surface area contributed by atoms with Crippen molar-refractivity contribution in [2.24, 2.45) is 10.7 Å². The summed E-state index contributed by atoms with van der Waals surface area (Å²) in [7, 11) is 0. The van der Waals surface area contributed by atoms with Crippen LogP contribution in [0, 0.1) is 6.92 Å². The topological polar surface area (TPSA) is 41.6 Å². The van der Waals surface area contributed by atoms with Gasteiger partial charge in [-0.2, -0.15) is 0 Å². The summed E-state index contributed by atoms with van der Waals surface area (Å²) in [6.07, 6.45) is 0. The van der Waals surface area contributed by atoms with Crippen LogP contribution in [-0.2, 0) is 0 Å². The van der Waals surface area contributed by atoms with Crippen LogP contribution in [0.5, 0.6) is 0 Å². The Bertz CT molecular complexity index is 367. The van der Waals surface area contributed by atoms with Crippen LogP contribution in [0.2, 0.25) is 5.02 Å². The summed E-state index contributed by atoms with van der Waals surface area (Å²) in [5, 5.41) is 0.727. The predicted molar refractivity (Wildman–Crippen MR) is 60.0 cm³/mol. The highest BCUT2D eigenvalue weighted by atomic mass is 35.5. The van der Waals surface area contributed by atoms with E-state index in [1.165, 1.54) is 0 Å². The van der Waals surface area contributed by atoms with Crippen LogP contribution in [0.15, 0.2) is 23.2 Å². The zero-order chi connectivity index (χ0) is 10.1. The predicted octanol–water partition coefficient (Wildman–Crippen LogP) is 1.78. The largest absolute Gasteiger partial charge is 0.370 e. The first-order valence-corrected chi connectivity index (χ1v) is 4.90. The molecule has 0 fully saturated rings. The molecule has 0 spiro atoms. The maximum Gasteiger partial charge on any atom is 0.196 e. The number of aryl methyl sites for hydroxylation is 1. The zero-order valence-corrected chi connectivity index (χ0v) is 8.75. The highest BCUT2D eigenvalue weighted by Gasteiger charge is 2.19. The molecule has 0 amide bonds. The van der Waals surface area contributed by atoms with Gasteiger partial charge in [-0.25, -0.2) is 0 Å². The summed E-state index contributed by atoms with van der Waals surface area (Å²) in [6, 6.07) is 5.83. The van der Waals surface area contributed by atoms with Gasteiger partial charge >= 0.3 is 0 Å². The molecular weight excluding hydrogens is 198 g/mol. The van der Waals surface area contributed by atoms with Crippen molar-refractivity contribution in [2.45, 2.75) is 6.92 Å². The van der Waals surface area contributed by atoms with Gasteiger partial charge in [0, 0.05) is 6.54 Å². The lowest BCUT2D eigenvalue weighted by atomic mass is 10.2. The third-order valence-electron chi connectivity index (χ3n) is 2.33. The lowest BCUT2D eigenvalue weighted by molar-refractivity contribution is 1.02. The van der Waals surface area contributed by atoms with Crippen molar-refractivity contribution in [3.8, 4) is 0 Å². The lowest BCUT2D eigenvalue weighted by Crippen LogP contribution is -2.34. The Morgan fingerprint density at radius 3 is 2.86 bits per heavy atom. The summed E-state index contributed by atoms with van der Waals surface area (Å²) >= 11 is 6.12. The van der Waals surface area contributed by atoms with Gasteiger partial charge in [-0.05, 0) is 18.6 Å². The van der Waals surface area contributed by atoms with Gasteiger partial charge in [0.25, 0.3) is 0 Å². The first-order valence-electron chi connectivity index (χ1n) is 4.52. The van der Waals surface area contributed by atoms with Crippen LogP contribution in [-0.4, -0.2) is 19.0 Å². The van der Waals surface area contributed by atoms with E-state index >= 15 is 0 Å². The number of rotatable bonds is 1. The van der Waals surface area contributed by atoms with Gasteiger partial charge in [-0.3, -0.25) is 4.99 Å². The molecule has 0 saturated heterocycles. The minimum atomic E-state index is 0.557. The second-order valence-corrected chi connectivity index (χ2v) is 3.70. The van der Waals surface area contributed by atoms with Crippen molar-refractivity contribution >= 4 is 23.2 Å². The minimum Gasteiger partial charge on any atom is -0.370 e. The molecule has 14 heavy (non-hydrogen) atoms. The van der Waals surface area contributed by atoms with E-state index in [0.717, 1.165) is 29.4 Å². The Morgan fingerprint density at radius 1 is 1.50 bits per heavy atom. The van der Waals surface area contributed by atoms with Crippen LogP contribution in [0.1, 0.15) is 5.56 Å². The molecule has 1 aromatic carbocycles. The molecule has 2 N–H and O–H groups in total. The molecule has 4 heteroatoms. The second-order valence-electron chi connectivity index (χ2n) is 3.30. The van der Waals surface area contributed by atoms with Gasteiger partial charge in [-0.1, -0.05) is 23.7 Å². The Kier molecular flexibility index (Phi) is 2.33. The molecule has 1 heterocycles. The molecule has 74 valence electrons. The maximum absolute atomic E-state index is 6.12. The zero-order valence-electron chi connectivity index (χ0n) is 8.00. The standard InChI is InChI=1S/C10H12ClN3/c1-7-3-2-4-8(11)9(7)14-6-5-13-10(14)12/h2-4H,5-6H2,1H3,(H2,12,13). The molecule has 1 aromatic rings. The number of hydrogen-bond acceptors (Lipinski definition) is 3. The molecule has 0 bridgehead atoms. The molecule has 1 aliphatic heterocycles. The molecule has 0 unspecified atom stereocenters. The van der Waals surface area contributed by atoms with Gasteiger partial charge in [0.2, 0.25) is 0 Å². The van der Waals surface area contributed by atoms with Crippen LogP contribution in [0.25, 0.3) is 0 Å². The number of halogens is 1. The minimum absolute atomic E-state index is 0.557. The number of anilines is 1. The number of hydrogen-bond donors (Lipinski definition) is 1. The summed E-state index contributed by atoms with van der Waals surface area (Å²) in [4.78, 5) is 6.09. The molecule has 0 aromatic heterocycles. The van der Waals surface area contributed by atoms with E-state index in [2.05, 4.69) is 4.99 Å². The summed E-state index contributed by atoms with van der Waals surface area (Å²) in [5.41, 5.74) is 7.87. The average Bonchev–Trinajstić information content (AvgIpc) is 2.52. The summed E-state index contributed by atoms with van der Waals surface area (Å²) in [6.45, 7) is 3.58. The normalized spacial score (nSPS) is 15.9. The van der Waals surface area contributed by atoms with Gasteiger partial charge in [0.05, 0.1) is 17.3 Å². The Hall–Kier alpha value is -1.22. The van der Waals surface area contributed by atoms with E-state index in [9.17, 15) is 0 Å². The highest BCUT2D eigenvalue weighted by molar-refractivity contribution is 6.34. The Labute approximate surface area is 88.2 Å². The van der Waals surface area contributed by atoms with Gasteiger partial charge < -0.3 is 10.6 Å². The molecule has 1 aliphatic rings. The lowest BCUT2D eigenvalue weighted by Gasteiger charge is -2.21. The SMILES string of the molecule is Cc1cccc(Cl)c1N1CCN=C1N. The fourth-order valence-corrected chi connectivity index (χ4v) is 1.98. The van der Waals surface area contributed by atoms with E-state index in [0.29, 0.717) is 5.96 Å². The van der Waals surface area contributed by atoms with Crippen LogP contribution < -0.4 is 10.6 Å². The van der Waals surface area contributed by atoms with Crippen molar-refractivity contribution in [2.75, 3.05) is 18.0 Å². The molecule has 0 radical (unpaired) electrons. The fraction of sp³-hybridized carbons (Fsp3) is 0.300. The van der Waals surface area contributed by atoms with E-state index in [1.807, 2.05) is 30.0 Å². The summed E-state index contributed by atoms with van der Waals surface area (Å²) < 4.78 is 0. The number of benzene rings is 1. The molecule has 0 aliphatic carbocycles. The molecule has 0 atom stereocenters. The average molecular weight is 210 g/mol. The van der Waals surface area contributed by atoms with Crippen LogP contribution in [0.4, 0.5) is 5.69 Å². The Balaban J connectivity index is 2.46. The van der Waals surface area contributed by atoms with Gasteiger partial charge in [0.15, 0.2) is 5.96 Å². The van der Waals surface area contributed by atoms with E-state index < -0.39 is 0 Å². The Morgan fingerprint density at radius 2 is 2.29 bits per heavy atom. The fourth-order valence-electron chi connectivity index (χ4n) is 1.66. The van der Waals surface area contributed by atoms with Crippen LogP contribution in [0.3, 0.4) is 0 Å². The first kappa shape index (κ1) is 9.34. The van der Waals surface area contributed by atoms with E-state index in [-0.39, 0.29) is 0 Å². The van der Waals surface area contributed by atoms with Crippen molar-refractivity contribution in [1.82, 2.24) is 0 Å². The monoisotopic (exact) mass is 209 g/mol. The van der Waals surface area contributed by atoms with Crippen molar-refractivity contribution in [3.05, 3.63) is 28.8 Å². The third kappa shape index (κ3) is 1.44. The van der Waals surface area contributed by atoms with E-state index in [4.69, 9.17) is 17.3 Å². The van der Waals surface area contributed by atoms with Crippen molar-refractivity contribution < 1.29 is 0 Å². The maximum atomic E-state index is 6.12. The van der Waals surface area contributed by atoms with Crippen LogP contribution >= 0.6 is 11.6 Å². The number of aliphatic imine (C=N–C) groups is 1. The molecular formula is C10H12ClN3. The van der Waals surface area contributed by atoms with E-state index in [1.54, 1.807) is 0 Å². The second kappa shape index (κ2) is 3.50. The van der Waals surface area contributed by atoms with Crippen molar-refractivity contribution in [1.29, 1.82) is 0 Å². The molecule has 3 nitrogen and oxygen atoms in total. The summed E-state index contributed by atoms with van der Waals surface area (Å²) in [5.74, 6) is 0.557. The molecule has 0 saturated carbocycles. The number of nitrogens with two attached hydrogens (primary N) is 1. The van der Waals surface area contributed by atoms with Gasteiger partial charge in [-0.15, -0.1) is 0 Å². The highest BCUT2D eigenvalue weighted by Crippen LogP contribution is 2.30. The van der Waals surface area contributed by atoms with Gasteiger partial charge in [0.1, 0.15) is 0 Å². The molecule has 2 rings (SSSR count). The quantitative estimate of drug-likeness (QED) is 0.766. The smallest absolute Gasteiger partial charge is 0.196 e. The number of nitrogens with zero attached hydrogens (tertiary/aromatic N) is 2.